The normalized spacial score (nSPS) is 18.0. The summed E-state index contributed by atoms with van der Waals surface area (Å²) in [5.74, 6) is 0.394. The van der Waals surface area contributed by atoms with Crippen molar-refractivity contribution in [2.75, 3.05) is 31.5 Å². The van der Waals surface area contributed by atoms with Crippen LogP contribution in [0.4, 0.5) is 10.5 Å². The Bertz CT molecular complexity index is 1330. The molecule has 38 heavy (non-hydrogen) atoms. The predicted molar refractivity (Wildman–Crippen MR) is 147 cm³/mol. The first-order chi connectivity index (χ1) is 18.2. The number of nitrogens with zero attached hydrogens (tertiary/aromatic N) is 4. The maximum Gasteiger partial charge on any atom is 0.412 e. The lowest BCUT2D eigenvalue weighted by Crippen LogP contribution is -2.34. The highest BCUT2D eigenvalue weighted by atomic mass is 32.2. The molecule has 2 aromatic heterocycles. The van der Waals surface area contributed by atoms with Crippen LogP contribution in [0.5, 0.6) is 0 Å². The molecule has 1 unspecified atom stereocenters. The van der Waals surface area contributed by atoms with Crippen LogP contribution in [0.2, 0.25) is 0 Å². The first kappa shape index (κ1) is 26.4. The van der Waals surface area contributed by atoms with Gasteiger partial charge in [-0.05, 0) is 94.3 Å². The number of nitrogens with one attached hydrogen (secondary N) is 1. The summed E-state index contributed by atoms with van der Waals surface area (Å²) in [6.45, 7) is 8.48. The first-order valence-corrected chi connectivity index (χ1v) is 14.3. The van der Waals surface area contributed by atoms with Gasteiger partial charge in [-0.15, -0.1) is 0 Å². The number of likely N-dealkylation sites (tertiary alicyclic amines) is 1. The minimum Gasteiger partial charge on any atom is -0.444 e. The smallest absolute Gasteiger partial charge is 0.412 e. The molecule has 9 nitrogen and oxygen atoms in total. The molecule has 5 rings (SSSR count). The third-order valence-corrected chi connectivity index (χ3v) is 8.54. The minimum atomic E-state index is -1.28. The van der Waals surface area contributed by atoms with Gasteiger partial charge in [-0.2, -0.15) is 5.10 Å². The van der Waals surface area contributed by atoms with Crippen molar-refractivity contribution in [3.63, 3.8) is 0 Å². The molecule has 4 heterocycles. The van der Waals surface area contributed by atoms with E-state index in [9.17, 15) is 13.8 Å². The van der Waals surface area contributed by atoms with Crippen LogP contribution in [-0.4, -0.2) is 66.8 Å². The number of piperidine rings is 1. The van der Waals surface area contributed by atoms with Gasteiger partial charge in [0.15, 0.2) is 0 Å². The highest BCUT2D eigenvalue weighted by molar-refractivity contribution is 7.82. The average molecular weight is 538 g/mol. The van der Waals surface area contributed by atoms with Gasteiger partial charge in [-0.3, -0.25) is 10.1 Å². The molecule has 2 aliphatic heterocycles. The largest absolute Gasteiger partial charge is 0.444 e. The third kappa shape index (κ3) is 5.91. The summed E-state index contributed by atoms with van der Waals surface area (Å²) >= 11 is 0. The second-order valence-corrected chi connectivity index (χ2v) is 12.4. The van der Waals surface area contributed by atoms with Crippen molar-refractivity contribution < 1.29 is 18.5 Å². The number of carbonyl (C=O) groups is 2. The van der Waals surface area contributed by atoms with Gasteiger partial charge in [0.1, 0.15) is 16.6 Å². The highest BCUT2D eigenvalue weighted by Crippen LogP contribution is 2.31. The van der Waals surface area contributed by atoms with E-state index >= 15 is 0 Å². The average Bonchev–Trinajstić information content (AvgIpc) is 3.57. The lowest BCUT2D eigenvalue weighted by atomic mass is 9.90. The number of anilines is 1. The molecule has 0 spiro atoms. The molecule has 1 atom stereocenters. The maximum atomic E-state index is 13.2. The number of ether oxygens (including phenoxy) is 1. The molecule has 0 bridgehead atoms. The van der Waals surface area contributed by atoms with Crippen molar-refractivity contribution in [1.29, 1.82) is 0 Å². The van der Waals surface area contributed by atoms with Crippen LogP contribution in [0.25, 0.3) is 5.52 Å². The summed E-state index contributed by atoms with van der Waals surface area (Å²) in [5, 5.41) is 7.10. The highest BCUT2D eigenvalue weighted by Gasteiger charge is 2.27. The van der Waals surface area contributed by atoms with Gasteiger partial charge in [0.25, 0.3) is 5.91 Å². The molecule has 2 aliphatic rings. The quantitative estimate of drug-likeness (QED) is 0.504. The van der Waals surface area contributed by atoms with E-state index in [1.54, 1.807) is 35.0 Å². The number of rotatable bonds is 5. The second-order valence-electron chi connectivity index (χ2n) is 11.0. The Labute approximate surface area is 225 Å². The van der Waals surface area contributed by atoms with Crippen LogP contribution < -0.4 is 5.32 Å². The summed E-state index contributed by atoms with van der Waals surface area (Å²) in [5.41, 5.74) is 2.73. The fourth-order valence-corrected chi connectivity index (χ4v) is 6.30. The van der Waals surface area contributed by atoms with E-state index in [1.165, 1.54) is 5.56 Å². The van der Waals surface area contributed by atoms with E-state index in [1.807, 2.05) is 36.2 Å². The molecule has 2 fully saturated rings. The fraction of sp³-hybridized carbons (Fsp3) is 0.464. The Hall–Kier alpha value is -3.24. The standard InChI is InChI=1S/C28H35N5O4S/c1-28(2,3)37-27(35)30-22-6-8-23(9-7-22)38(36)32-15-10-20(11-16-32)21-12-17-33-25(18-21)24(19-29-33)26(34)31-13-4-5-14-31/h6-9,12,17-20H,4-5,10-11,13-16H2,1-3H3,(H,30,35). The van der Waals surface area contributed by atoms with Gasteiger partial charge in [0.05, 0.1) is 22.2 Å². The number of amides is 2. The van der Waals surface area contributed by atoms with Crippen molar-refractivity contribution in [1.82, 2.24) is 18.8 Å². The van der Waals surface area contributed by atoms with Gasteiger partial charge in [-0.25, -0.2) is 17.8 Å². The van der Waals surface area contributed by atoms with Crippen molar-refractivity contribution in [3.8, 4) is 0 Å². The summed E-state index contributed by atoms with van der Waals surface area (Å²) < 4.78 is 22.3. The van der Waals surface area contributed by atoms with Crippen LogP contribution >= 0.6 is 0 Å². The molecule has 202 valence electrons. The van der Waals surface area contributed by atoms with Gasteiger partial charge in [-0.1, -0.05) is 0 Å². The van der Waals surface area contributed by atoms with E-state index < -0.39 is 22.7 Å². The van der Waals surface area contributed by atoms with Crippen molar-refractivity contribution in [3.05, 3.63) is 59.9 Å². The van der Waals surface area contributed by atoms with E-state index in [2.05, 4.69) is 22.5 Å². The fourth-order valence-electron chi connectivity index (χ4n) is 5.09. The summed E-state index contributed by atoms with van der Waals surface area (Å²) in [7, 11) is -1.28. The first-order valence-electron chi connectivity index (χ1n) is 13.2. The van der Waals surface area contributed by atoms with Gasteiger partial charge in [0.2, 0.25) is 0 Å². The van der Waals surface area contributed by atoms with Crippen LogP contribution in [0.3, 0.4) is 0 Å². The molecule has 1 N–H and O–H groups in total. The topological polar surface area (TPSA) is 96.2 Å². The second kappa shape index (κ2) is 10.9. The van der Waals surface area contributed by atoms with E-state index in [-0.39, 0.29) is 5.91 Å². The molecule has 2 amide bonds. The Balaban J connectivity index is 1.20. The number of pyridine rings is 1. The van der Waals surface area contributed by atoms with Gasteiger partial charge in [0, 0.05) is 38.1 Å². The lowest BCUT2D eigenvalue weighted by molar-refractivity contribution is 0.0635. The number of benzene rings is 1. The summed E-state index contributed by atoms with van der Waals surface area (Å²) in [6, 6.07) is 11.2. The molecule has 0 aliphatic carbocycles. The summed E-state index contributed by atoms with van der Waals surface area (Å²) in [6.07, 6.45) is 6.97. The van der Waals surface area contributed by atoms with Crippen molar-refractivity contribution in [2.24, 2.45) is 0 Å². The minimum absolute atomic E-state index is 0.0622. The summed E-state index contributed by atoms with van der Waals surface area (Å²) in [4.78, 5) is 27.6. The zero-order valence-corrected chi connectivity index (χ0v) is 23.0. The third-order valence-electron chi connectivity index (χ3n) is 7.03. The van der Waals surface area contributed by atoms with Crippen molar-refractivity contribution >= 4 is 34.2 Å². The zero-order valence-electron chi connectivity index (χ0n) is 22.2. The van der Waals surface area contributed by atoms with Crippen LogP contribution in [0.15, 0.2) is 53.7 Å². The Morgan fingerprint density at radius 3 is 2.37 bits per heavy atom. The maximum absolute atomic E-state index is 13.2. The Morgan fingerprint density at radius 1 is 1.03 bits per heavy atom. The monoisotopic (exact) mass is 537 g/mol. The zero-order chi connectivity index (χ0) is 26.9. The molecular weight excluding hydrogens is 502 g/mol. The molecule has 2 saturated heterocycles. The SMILES string of the molecule is CC(C)(C)OC(=O)Nc1ccc(S(=O)N2CCC(c3ccn4ncc(C(=O)N5CCCC5)c4c3)CC2)cc1. The molecule has 0 radical (unpaired) electrons. The van der Waals surface area contributed by atoms with E-state index in [0.29, 0.717) is 35.2 Å². The predicted octanol–water partition coefficient (Wildman–Crippen LogP) is 4.82. The Morgan fingerprint density at radius 2 is 1.71 bits per heavy atom. The van der Waals surface area contributed by atoms with Crippen LogP contribution in [0.1, 0.15) is 68.3 Å². The number of carbonyl (C=O) groups excluding carboxylic acids is 2. The molecule has 10 heteroatoms. The molecule has 0 saturated carbocycles. The van der Waals surface area contributed by atoms with Gasteiger partial charge >= 0.3 is 6.09 Å². The molecule has 1 aromatic carbocycles. The van der Waals surface area contributed by atoms with Crippen molar-refractivity contribution in [2.45, 2.75) is 62.9 Å². The molecule has 3 aromatic rings. The van der Waals surface area contributed by atoms with Crippen LogP contribution in [-0.2, 0) is 15.7 Å². The van der Waals surface area contributed by atoms with Gasteiger partial charge < -0.3 is 9.64 Å². The Kier molecular flexibility index (Phi) is 7.54. The number of fused-ring (bicyclic) bond motifs is 1. The number of hydrogen-bond donors (Lipinski definition) is 1. The lowest BCUT2D eigenvalue weighted by Gasteiger charge is -2.31. The number of hydrogen-bond acceptors (Lipinski definition) is 5. The molecular formula is C28H35N5O4S. The van der Waals surface area contributed by atoms with E-state index in [0.717, 1.165) is 44.3 Å². The van der Waals surface area contributed by atoms with Crippen LogP contribution in [0, 0.1) is 0 Å². The number of aromatic nitrogens is 2. The van der Waals surface area contributed by atoms with E-state index in [4.69, 9.17) is 4.74 Å².